The molecule has 2 fully saturated rings. The number of hydrogen-bond acceptors (Lipinski definition) is 3. The summed E-state index contributed by atoms with van der Waals surface area (Å²) in [5, 5.41) is 9.81. The Morgan fingerprint density at radius 1 is 0.864 bits per heavy atom. The molecule has 4 heteroatoms. The smallest absolute Gasteiger partial charge is 0.335 e. The maximum atomic E-state index is 12.0. The number of aryl methyl sites for hydroxylation is 1. The van der Waals surface area contributed by atoms with Crippen LogP contribution in [0.1, 0.15) is 104 Å². The summed E-state index contributed by atoms with van der Waals surface area (Å²) in [7, 11) is 0. The van der Waals surface area contributed by atoms with Crippen LogP contribution in [0.25, 0.3) is 27.8 Å². The van der Waals surface area contributed by atoms with E-state index in [1.54, 1.807) is 6.07 Å². The lowest BCUT2D eigenvalue weighted by atomic mass is 9.75. The average molecular weight is 590 g/mol. The second-order valence-corrected chi connectivity index (χ2v) is 13.0. The molecule has 3 aliphatic rings. The van der Waals surface area contributed by atoms with Crippen molar-refractivity contribution in [3.05, 3.63) is 95.1 Å². The van der Waals surface area contributed by atoms with E-state index in [1.165, 1.54) is 73.9 Å². The van der Waals surface area contributed by atoms with Crippen LogP contribution < -0.4 is 4.74 Å². The van der Waals surface area contributed by atoms with Crippen molar-refractivity contribution in [2.45, 2.75) is 77.6 Å². The first kappa shape index (κ1) is 30.4. The van der Waals surface area contributed by atoms with E-state index in [1.807, 2.05) is 12.1 Å². The highest BCUT2D eigenvalue weighted by molar-refractivity contribution is 5.99. The molecule has 1 aliphatic carbocycles. The number of allylic oxidation sites excluding steroid dienone is 2. The van der Waals surface area contributed by atoms with Gasteiger partial charge in [0.25, 0.3) is 0 Å². The number of fused-ring (bicyclic) bond motifs is 2. The minimum atomic E-state index is -0.904. The highest BCUT2D eigenvalue weighted by Gasteiger charge is 2.27. The number of nitrogens with zero attached hydrogens (tertiary/aromatic N) is 1. The van der Waals surface area contributed by atoms with Crippen molar-refractivity contribution in [2.75, 3.05) is 26.2 Å². The van der Waals surface area contributed by atoms with Crippen molar-refractivity contribution in [2.24, 2.45) is 5.92 Å². The summed E-state index contributed by atoms with van der Waals surface area (Å²) >= 11 is 0. The molecule has 1 saturated carbocycles. The van der Waals surface area contributed by atoms with Gasteiger partial charge in [-0.3, -0.25) is 0 Å². The van der Waals surface area contributed by atoms with Gasteiger partial charge in [-0.15, -0.1) is 0 Å². The third-order valence-electron chi connectivity index (χ3n) is 10.1. The first-order valence-corrected chi connectivity index (χ1v) is 16.8. The van der Waals surface area contributed by atoms with E-state index in [0.717, 1.165) is 65.8 Å². The number of piperidine rings is 1. The van der Waals surface area contributed by atoms with Gasteiger partial charge in [0, 0.05) is 17.5 Å². The van der Waals surface area contributed by atoms with Crippen molar-refractivity contribution in [3.63, 3.8) is 0 Å². The third kappa shape index (κ3) is 6.56. The number of benzene rings is 3. The van der Waals surface area contributed by atoms with E-state index in [9.17, 15) is 9.90 Å². The zero-order valence-corrected chi connectivity index (χ0v) is 26.4. The summed E-state index contributed by atoms with van der Waals surface area (Å²) < 4.78 is 6.75. The lowest BCUT2D eigenvalue weighted by molar-refractivity contribution is 0.0697. The van der Waals surface area contributed by atoms with Crippen LogP contribution in [-0.4, -0.2) is 42.2 Å². The molecule has 0 spiro atoms. The SMILES string of the molecule is C=C1CCOc2c(cccc2-c2ccccc2CCCN2CCCCC2)/C(C)=C(\C2CCCCC2)c2ccc(C(=O)O)cc21. The number of hydrogen-bond donors (Lipinski definition) is 1. The molecule has 3 aromatic rings. The molecule has 1 N–H and O–H groups in total. The number of rotatable bonds is 7. The first-order chi connectivity index (χ1) is 21.5. The van der Waals surface area contributed by atoms with Gasteiger partial charge in [0.1, 0.15) is 5.75 Å². The van der Waals surface area contributed by atoms with Crippen LogP contribution in [0.3, 0.4) is 0 Å². The lowest BCUT2D eigenvalue weighted by Gasteiger charge is -2.30. The van der Waals surface area contributed by atoms with Gasteiger partial charge in [-0.1, -0.05) is 80.8 Å². The minimum Gasteiger partial charge on any atom is -0.492 e. The second kappa shape index (κ2) is 14.0. The number of para-hydroxylation sites is 1. The molecule has 3 aromatic carbocycles. The van der Waals surface area contributed by atoms with Gasteiger partial charge in [0.05, 0.1) is 12.2 Å². The molecule has 2 aliphatic heterocycles. The van der Waals surface area contributed by atoms with E-state index in [-0.39, 0.29) is 0 Å². The van der Waals surface area contributed by atoms with Crippen LogP contribution in [0, 0.1) is 5.92 Å². The number of carboxylic acids is 1. The Kier molecular flexibility index (Phi) is 9.66. The highest BCUT2D eigenvalue weighted by atomic mass is 16.5. The Labute approximate surface area is 263 Å². The predicted molar refractivity (Wildman–Crippen MR) is 182 cm³/mol. The molecular weight excluding hydrogens is 542 g/mol. The van der Waals surface area contributed by atoms with Gasteiger partial charge in [0.15, 0.2) is 0 Å². The monoisotopic (exact) mass is 589 g/mol. The van der Waals surface area contributed by atoms with Crippen LogP contribution >= 0.6 is 0 Å². The van der Waals surface area contributed by atoms with Gasteiger partial charge in [0.2, 0.25) is 0 Å². The summed E-state index contributed by atoms with van der Waals surface area (Å²) in [4.78, 5) is 14.6. The fraction of sp³-hybridized carbons (Fsp3) is 0.425. The molecule has 0 radical (unpaired) electrons. The van der Waals surface area contributed by atoms with Crippen molar-refractivity contribution in [1.29, 1.82) is 0 Å². The van der Waals surface area contributed by atoms with Crippen molar-refractivity contribution < 1.29 is 14.6 Å². The summed E-state index contributed by atoms with van der Waals surface area (Å²) in [5.41, 5.74) is 10.8. The van der Waals surface area contributed by atoms with Crippen molar-refractivity contribution >= 4 is 22.7 Å². The van der Waals surface area contributed by atoms with E-state index < -0.39 is 5.97 Å². The molecule has 0 atom stereocenters. The fourth-order valence-electron chi connectivity index (χ4n) is 7.76. The maximum Gasteiger partial charge on any atom is 0.335 e. The molecular formula is C40H47NO3. The summed E-state index contributed by atoms with van der Waals surface area (Å²) in [5.74, 6) is 0.475. The topological polar surface area (TPSA) is 49.8 Å². The van der Waals surface area contributed by atoms with Gasteiger partial charge in [-0.05, 0) is 122 Å². The molecule has 0 aromatic heterocycles. The molecule has 230 valence electrons. The second-order valence-electron chi connectivity index (χ2n) is 13.0. The van der Waals surface area contributed by atoms with Crippen LogP contribution in [0.5, 0.6) is 5.75 Å². The Balaban J connectivity index is 1.45. The Hall–Kier alpha value is -3.63. The van der Waals surface area contributed by atoms with E-state index >= 15 is 0 Å². The molecule has 0 bridgehead atoms. The fourth-order valence-corrected chi connectivity index (χ4v) is 7.76. The van der Waals surface area contributed by atoms with Crippen LogP contribution in [-0.2, 0) is 6.42 Å². The summed E-state index contributed by atoms with van der Waals surface area (Å²) in [6.45, 7) is 10.8. The lowest BCUT2D eigenvalue weighted by Crippen LogP contribution is -2.30. The number of aromatic carboxylic acids is 1. The molecule has 0 unspecified atom stereocenters. The van der Waals surface area contributed by atoms with E-state index in [2.05, 4.69) is 60.9 Å². The Morgan fingerprint density at radius 3 is 2.39 bits per heavy atom. The molecule has 2 heterocycles. The Bertz CT molecular complexity index is 1540. The normalized spacial score (nSPS) is 20.0. The molecule has 44 heavy (non-hydrogen) atoms. The molecule has 0 amide bonds. The highest BCUT2D eigenvalue weighted by Crippen LogP contribution is 2.47. The summed E-state index contributed by atoms with van der Waals surface area (Å²) in [6.07, 6.45) is 12.9. The number of likely N-dealkylation sites (tertiary alicyclic amines) is 1. The van der Waals surface area contributed by atoms with Gasteiger partial charge in [-0.25, -0.2) is 4.79 Å². The van der Waals surface area contributed by atoms with E-state index in [0.29, 0.717) is 24.5 Å². The van der Waals surface area contributed by atoms with Crippen LogP contribution in [0.4, 0.5) is 0 Å². The van der Waals surface area contributed by atoms with Gasteiger partial charge < -0.3 is 14.7 Å². The largest absolute Gasteiger partial charge is 0.492 e. The minimum absolute atomic E-state index is 0.308. The zero-order chi connectivity index (χ0) is 30.5. The maximum absolute atomic E-state index is 12.0. The molecule has 6 rings (SSSR count). The summed E-state index contributed by atoms with van der Waals surface area (Å²) in [6, 6.07) is 21.1. The Morgan fingerprint density at radius 2 is 1.59 bits per heavy atom. The average Bonchev–Trinajstić information content (AvgIpc) is 3.06. The van der Waals surface area contributed by atoms with Crippen LogP contribution in [0.2, 0.25) is 0 Å². The van der Waals surface area contributed by atoms with Gasteiger partial charge >= 0.3 is 5.97 Å². The van der Waals surface area contributed by atoms with E-state index in [4.69, 9.17) is 4.74 Å². The van der Waals surface area contributed by atoms with Gasteiger partial charge in [-0.2, -0.15) is 0 Å². The third-order valence-corrected chi connectivity index (χ3v) is 10.1. The zero-order valence-electron chi connectivity index (χ0n) is 26.4. The van der Waals surface area contributed by atoms with Crippen LogP contribution in [0.15, 0.2) is 67.2 Å². The number of ether oxygens (including phenoxy) is 1. The predicted octanol–water partition coefficient (Wildman–Crippen LogP) is 9.78. The molecule has 1 saturated heterocycles. The van der Waals surface area contributed by atoms with Crippen molar-refractivity contribution in [1.82, 2.24) is 4.90 Å². The standard InChI is InChI=1S/C40H47NO3/c1-28-22-26-44-39-33(29(2)38(31-14-5-3-6-15-31)35-21-20-32(40(42)43)27-37(28)35)18-11-19-36(39)34-17-8-7-13-30(34)16-12-25-41-23-9-4-10-24-41/h7-8,11,13,17-21,27,31H,1,3-6,9-10,12,14-16,22-26H2,2H3,(H,42,43)/b38-29+. The number of carboxylic acid groups (broad SMARTS) is 1. The first-order valence-electron chi connectivity index (χ1n) is 16.8. The quantitative estimate of drug-likeness (QED) is 0.298. The number of carbonyl (C=O) groups is 1. The van der Waals surface area contributed by atoms with Crippen molar-refractivity contribution in [3.8, 4) is 16.9 Å². The molecule has 4 nitrogen and oxygen atoms in total.